The van der Waals surface area contributed by atoms with E-state index in [0.29, 0.717) is 28.2 Å². The van der Waals surface area contributed by atoms with Crippen molar-refractivity contribution >= 4 is 38.9 Å². The molecule has 1 aromatic heterocycles. The van der Waals surface area contributed by atoms with Crippen molar-refractivity contribution in [2.24, 2.45) is 4.99 Å². The highest BCUT2D eigenvalue weighted by atomic mass is 32.2. The maximum absolute atomic E-state index is 12.5. The van der Waals surface area contributed by atoms with Gasteiger partial charge in [-0.05, 0) is 44.2 Å². The van der Waals surface area contributed by atoms with Crippen LogP contribution in [-0.4, -0.2) is 25.2 Å². The molecule has 2 aromatic carbocycles. The average molecular weight is 396 g/mol. The monoisotopic (exact) mass is 396 g/mol. The zero-order valence-electron chi connectivity index (χ0n) is 15.1. The maximum atomic E-state index is 12.5. The number of aromatic nitrogens is 1. The molecule has 28 heavy (non-hydrogen) atoms. The lowest BCUT2D eigenvalue weighted by Gasteiger charge is -2.06. The van der Waals surface area contributed by atoms with Crippen molar-refractivity contribution < 1.29 is 17.7 Å². The van der Waals surface area contributed by atoms with Gasteiger partial charge in [-0.15, -0.1) is 0 Å². The van der Waals surface area contributed by atoms with E-state index >= 15 is 0 Å². The zero-order valence-corrected chi connectivity index (χ0v) is 15.9. The molecule has 0 bridgehead atoms. The molecular formula is C19H16N4O4S. The van der Waals surface area contributed by atoms with Crippen LogP contribution in [0.25, 0.3) is 0 Å². The molecule has 0 fully saturated rings. The molecule has 0 saturated heterocycles. The van der Waals surface area contributed by atoms with Crippen molar-refractivity contribution in [3.05, 3.63) is 65.4 Å². The Labute approximate surface area is 161 Å². The van der Waals surface area contributed by atoms with Crippen molar-refractivity contribution in [2.75, 3.05) is 10.0 Å². The minimum atomic E-state index is -3.84. The minimum absolute atomic E-state index is 0.0428. The van der Waals surface area contributed by atoms with Crippen LogP contribution in [0, 0.1) is 13.8 Å². The molecule has 9 heteroatoms. The summed E-state index contributed by atoms with van der Waals surface area (Å²) < 4.78 is 32.5. The summed E-state index contributed by atoms with van der Waals surface area (Å²) in [5.74, 6) is -0.211. The molecule has 1 amide bonds. The number of hydrogen-bond donors (Lipinski definition) is 2. The highest BCUT2D eigenvalue weighted by molar-refractivity contribution is 7.92. The number of hydrogen-bond acceptors (Lipinski definition) is 6. The van der Waals surface area contributed by atoms with Crippen LogP contribution in [0.3, 0.4) is 0 Å². The first-order valence-electron chi connectivity index (χ1n) is 8.40. The summed E-state index contributed by atoms with van der Waals surface area (Å²) in [4.78, 5) is 16.5. The van der Waals surface area contributed by atoms with Gasteiger partial charge in [0.15, 0.2) is 0 Å². The lowest BCUT2D eigenvalue weighted by atomic mass is 10.1. The molecule has 0 unspecified atom stereocenters. The number of carbonyl (C=O) groups is 1. The molecule has 4 rings (SSSR count). The van der Waals surface area contributed by atoms with Gasteiger partial charge in [0, 0.05) is 11.1 Å². The molecule has 0 radical (unpaired) electrons. The second-order valence-corrected chi connectivity index (χ2v) is 7.96. The van der Waals surface area contributed by atoms with Gasteiger partial charge in [-0.3, -0.25) is 4.79 Å². The number of amides is 1. The van der Waals surface area contributed by atoms with E-state index < -0.39 is 10.0 Å². The van der Waals surface area contributed by atoms with Crippen LogP contribution in [0.5, 0.6) is 0 Å². The Hall–Kier alpha value is -3.46. The third-order valence-electron chi connectivity index (χ3n) is 4.42. The van der Waals surface area contributed by atoms with Gasteiger partial charge in [-0.1, -0.05) is 23.4 Å². The number of nitrogens with zero attached hydrogens (tertiary/aromatic N) is 2. The molecule has 1 aliphatic heterocycles. The molecule has 2 N–H and O–H groups in total. The van der Waals surface area contributed by atoms with Crippen LogP contribution < -0.4 is 10.0 Å². The van der Waals surface area contributed by atoms with Gasteiger partial charge >= 0.3 is 0 Å². The first-order valence-corrected chi connectivity index (χ1v) is 9.89. The smallest absolute Gasteiger partial charge is 0.275 e. The summed E-state index contributed by atoms with van der Waals surface area (Å²) in [6.07, 6.45) is 0. The van der Waals surface area contributed by atoms with E-state index in [4.69, 9.17) is 4.52 Å². The fourth-order valence-corrected chi connectivity index (χ4v) is 3.78. The highest BCUT2D eigenvalue weighted by Crippen LogP contribution is 2.27. The normalized spacial score (nSPS) is 14.8. The standard InChI is InChI=1S/C19H16N4O4S/c1-11-12(2)22-27-19(11)23-28(25,26)14-9-7-13(8-10-14)20-17-15-5-3-4-6-16(15)21-18(17)24/h3-10,23H,1-2H3,(H,20,21,24). The topological polar surface area (TPSA) is 114 Å². The van der Waals surface area contributed by atoms with E-state index in [1.807, 2.05) is 12.1 Å². The number of aryl methyl sites for hydroxylation is 1. The van der Waals surface area contributed by atoms with Crippen LogP contribution in [0.4, 0.5) is 17.3 Å². The van der Waals surface area contributed by atoms with Gasteiger partial charge in [0.1, 0.15) is 5.71 Å². The van der Waals surface area contributed by atoms with Gasteiger partial charge in [0.25, 0.3) is 15.9 Å². The second-order valence-electron chi connectivity index (χ2n) is 6.28. The minimum Gasteiger partial charge on any atom is -0.337 e. The zero-order chi connectivity index (χ0) is 19.9. The Bertz CT molecular complexity index is 1210. The van der Waals surface area contributed by atoms with Crippen LogP contribution in [0.1, 0.15) is 16.8 Å². The molecule has 0 atom stereocenters. The Morgan fingerprint density at radius 1 is 1.07 bits per heavy atom. The lowest BCUT2D eigenvalue weighted by molar-refractivity contribution is -0.110. The fourth-order valence-electron chi connectivity index (χ4n) is 2.73. The maximum Gasteiger partial charge on any atom is 0.275 e. The number of sulfonamides is 1. The largest absolute Gasteiger partial charge is 0.337 e. The van der Waals surface area contributed by atoms with Gasteiger partial charge in [0.05, 0.1) is 22.0 Å². The van der Waals surface area contributed by atoms with Crippen LogP contribution >= 0.6 is 0 Å². The van der Waals surface area contributed by atoms with Gasteiger partial charge in [0.2, 0.25) is 5.88 Å². The Kier molecular flexibility index (Phi) is 4.23. The van der Waals surface area contributed by atoms with Gasteiger partial charge < -0.3 is 9.84 Å². The van der Waals surface area contributed by atoms with E-state index in [9.17, 15) is 13.2 Å². The number of anilines is 2. The average Bonchev–Trinajstić information content (AvgIpc) is 3.16. The van der Waals surface area contributed by atoms with Crippen molar-refractivity contribution in [1.29, 1.82) is 0 Å². The number of para-hydroxylation sites is 1. The lowest BCUT2D eigenvalue weighted by Crippen LogP contribution is -2.14. The van der Waals surface area contributed by atoms with Crippen molar-refractivity contribution in [2.45, 2.75) is 18.7 Å². The second kappa shape index (κ2) is 6.61. The molecule has 142 valence electrons. The van der Waals surface area contributed by atoms with Crippen LogP contribution in [0.15, 0.2) is 62.9 Å². The van der Waals surface area contributed by atoms with E-state index in [-0.39, 0.29) is 22.4 Å². The third kappa shape index (κ3) is 3.16. The number of aliphatic imine (C=N–C) groups is 1. The number of fused-ring (bicyclic) bond motifs is 1. The SMILES string of the molecule is Cc1noc(NS(=O)(=O)c2ccc(N=C3C(=O)Nc4ccccc43)cc2)c1C. The first-order chi connectivity index (χ1) is 13.3. The Morgan fingerprint density at radius 3 is 2.46 bits per heavy atom. The molecule has 0 spiro atoms. The Morgan fingerprint density at radius 2 is 1.79 bits per heavy atom. The first kappa shape index (κ1) is 17.9. The molecule has 0 saturated carbocycles. The molecule has 0 aliphatic carbocycles. The number of rotatable bonds is 4. The predicted molar refractivity (Wildman–Crippen MR) is 104 cm³/mol. The highest BCUT2D eigenvalue weighted by Gasteiger charge is 2.25. The summed E-state index contributed by atoms with van der Waals surface area (Å²) in [6, 6.07) is 13.1. The molecule has 2 heterocycles. The molecule has 1 aliphatic rings. The molecule has 3 aromatic rings. The third-order valence-corrected chi connectivity index (χ3v) is 5.76. The van der Waals surface area contributed by atoms with E-state index in [2.05, 4.69) is 20.2 Å². The van der Waals surface area contributed by atoms with E-state index in [1.165, 1.54) is 24.3 Å². The molecule has 8 nitrogen and oxygen atoms in total. The van der Waals surface area contributed by atoms with Crippen LogP contribution in [0.2, 0.25) is 0 Å². The number of benzene rings is 2. The summed E-state index contributed by atoms with van der Waals surface area (Å²) in [5.41, 5.74) is 3.40. The summed E-state index contributed by atoms with van der Waals surface area (Å²) >= 11 is 0. The predicted octanol–water partition coefficient (Wildman–Crippen LogP) is 3.17. The molecular weight excluding hydrogens is 380 g/mol. The van der Waals surface area contributed by atoms with Gasteiger partial charge in [-0.25, -0.2) is 18.1 Å². The number of nitrogens with one attached hydrogen (secondary N) is 2. The van der Waals surface area contributed by atoms with Crippen molar-refractivity contribution in [1.82, 2.24) is 5.16 Å². The van der Waals surface area contributed by atoms with Crippen LogP contribution in [-0.2, 0) is 14.8 Å². The fraction of sp³-hybridized carbons (Fsp3) is 0.105. The summed E-state index contributed by atoms with van der Waals surface area (Å²) in [5, 5.41) is 6.48. The quantitative estimate of drug-likeness (QED) is 0.703. The van der Waals surface area contributed by atoms with Crippen molar-refractivity contribution in [3.63, 3.8) is 0 Å². The number of carbonyl (C=O) groups excluding carboxylic acids is 1. The summed E-state index contributed by atoms with van der Waals surface area (Å²) in [6.45, 7) is 3.44. The van der Waals surface area contributed by atoms with Crippen molar-refractivity contribution in [3.8, 4) is 0 Å². The Balaban J connectivity index is 1.61. The van der Waals surface area contributed by atoms with E-state index in [0.717, 1.165) is 0 Å². The summed E-state index contributed by atoms with van der Waals surface area (Å²) in [7, 11) is -3.84. The van der Waals surface area contributed by atoms with E-state index in [1.54, 1.807) is 26.0 Å². The van der Waals surface area contributed by atoms with Gasteiger partial charge in [-0.2, -0.15) is 0 Å².